The minimum atomic E-state index is -0.321. The van der Waals surface area contributed by atoms with E-state index in [0.717, 1.165) is 12.8 Å². The van der Waals surface area contributed by atoms with Crippen molar-refractivity contribution >= 4 is 11.9 Å². The van der Waals surface area contributed by atoms with Gasteiger partial charge < -0.3 is 10.1 Å². The SMILES string of the molecule is C=CCCCCCCC=CCC(OC(C)=O)C(C)NC(C)=O. The molecule has 0 aromatic rings. The molecule has 0 aliphatic rings. The molecule has 0 bridgehead atoms. The highest BCUT2D eigenvalue weighted by atomic mass is 16.5. The number of rotatable bonds is 12. The molecule has 0 heterocycles. The molecule has 126 valence electrons. The molecule has 0 saturated carbocycles. The largest absolute Gasteiger partial charge is 0.460 e. The number of carbonyl (C=O) groups excluding carboxylic acids is 2. The standard InChI is InChI=1S/C18H31NO3/c1-5-6-7-8-9-10-11-12-13-14-18(22-17(4)21)15(2)19-16(3)20/h5,12-13,15,18H,1,6-11,14H2,2-4H3,(H,19,20). The number of amides is 1. The van der Waals surface area contributed by atoms with Gasteiger partial charge in [-0.1, -0.05) is 31.1 Å². The summed E-state index contributed by atoms with van der Waals surface area (Å²) in [5.41, 5.74) is 0. The number of esters is 1. The fraction of sp³-hybridized carbons (Fsp3) is 0.667. The lowest BCUT2D eigenvalue weighted by Crippen LogP contribution is -2.41. The quantitative estimate of drug-likeness (QED) is 0.338. The highest BCUT2D eigenvalue weighted by Gasteiger charge is 2.19. The number of unbranched alkanes of at least 4 members (excludes halogenated alkanes) is 5. The van der Waals surface area contributed by atoms with Crippen molar-refractivity contribution in [1.82, 2.24) is 5.32 Å². The van der Waals surface area contributed by atoms with Gasteiger partial charge in [0.15, 0.2) is 0 Å². The molecule has 0 aromatic heterocycles. The number of nitrogens with one attached hydrogen (secondary N) is 1. The maximum Gasteiger partial charge on any atom is 0.302 e. The van der Waals surface area contributed by atoms with Gasteiger partial charge in [0.1, 0.15) is 6.10 Å². The second kappa shape index (κ2) is 13.1. The molecule has 0 radical (unpaired) electrons. The number of ether oxygens (including phenoxy) is 1. The number of hydrogen-bond acceptors (Lipinski definition) is 3. The molecule has 0 aromatic carbocycles. The Kier molecular flexibility index (Phi) is 12.2. The van der Waals surface area contributed by atoms with Gasteiger partial charge in [-0.15, -0.1) is 6.58 Å². The molecule has 4 nitrogen and oxygen atoms in total. The molecule has 0 aliphatic carbocycles. The Bertz CT molecular complexity index is 363. The van der Waals surface area contributed by atoms with Crippen molar-refractivity contribution in [2.45, 2.75) is 77.9 Å². The van der Waals surface area contributed by atoms with Crippen LogP contribution in [0.5, 0.6) is 0 Å². The van der Waals surface area contributed by atoms with Crippen molar-refractivity contribution in [2.75, 3.05) is 0 Å². The number of allylic oxidation sites excluding steroid dienone is 2. The smallest absolute Gasteiger partial charge is 0.302 e. The Morgan fingerprint density at radius 1 is 1.09 bits per heavy atom. The van der Waals surface area contributed by atoms with Crippen LogP contribution >= 0.6 is 0 Å². The fourth-order valence-electron chi connectivity index (χ4n) is 2.23. The average Bonchev–Trinajstić information content (AvgIpc) is 2.43. The topological polar surface area (TPSA) is 55.4 Å². The first-order valence-corrected chi connectivity index (χ1v) is 8.17. The first kappa shape index (κ1) is 20.4. The molecule has 0 rings (SSSR count). The highest BCUT2D eigenvalue weighted by molar-refractivity contribution is 5.73. The van der Waals surface area contributed by atoms with Crippen molar-refractivity contribution in [3.8, 4) is 0 Å². The second-order valence-electron chi connectivity index (χ2n) is 5.62. The zero-order valence-electron chi connectivity index (χ0n) is 14.3. The summed E-state index contributed by atoms with van der Waals surface area (Å²) in [5.74, 6) is -0.439. The third-order valence-electron chi connectivity index (χ3n) is 3.37. The van der Waals surface area contributed by atoms with Crippen LogP contribution in [-0.4, -0.2) is 24.0 Å². The molecular formula is C18H31NO3. The third-order valence-corrected chi connectivity index (χ3v) is 3.37. The summed E-state index contributed by atoms with van der Waals surface area (Å²) in [6.45, 7) is 8.42. The van der Waals surface area contributed by atoms with Gasteiger partial charge in [-0.3, -0.25) is 9.59 Å². The molecule has 2 atom stereocenters. The molecule has 1 amide bonds. The van der Waals surface area contributed by atoms with Crippen LogP contribution in [0.3, 0.4) is 0 Å². The van der Waals surface area contributed by atoms with Crippen molar-refractivity contribution < 1.29 is 14.3 Å². The number of carbonyl (C=O) groups is 2. The van der Waals surface area contributed by atoms with Crippen molar-refractivity contribution in [1.29, 1.82) is 0 Å². The summed E-state index contributed by atoms with van der Waals surface area (Å²) < 4.78 is 5.27. The third kappa shape index (κ3) is 12.2. The zero-order valence-corrected chi connectivity index (χ0v) is 14.3. The van der Waals surface area contributed by atoms with Crippen molar-refractivity contribution in [2.24, 2.45) is 0 Å². The van der Waals surface area contributed by atoms with E-state index in [-0.39, 0.29) is 24.0 Å². The number of hydrogen-bond donors (Lipinski definition) is 1. The van der Waals surface area contributed by atoms with Crippen molar-refractivity contribution in [3.63, 3.8) is 0 Å². The normalized spacial score (nSPS) is 13.6. The van der Waals surface area contributed by atoms with Gasteiger partial charge in [0, 0.05) is 20.3 Å². The summed E-state index contributed by atoms with van der Waals surface area (Å²) in [4.78, 5) is 22.2. The van der Waals surface area contributed by atoms with Gasteiger partial charge in [0.25, 0.3) is 0 Å². The van der Waals surface area contributed by atoms with E-state index < -0.39 is 0 Å². The van der Waals surface area contributed by atoms with E-state index in [1.165, 1.54) is 39.5 Å². The Morgan fingerprint density at radius 3 is 2.27 bits per heavy atom. The summed E-state index contributed by atoms with van der Waals surface area (Å²) in [7, 11) is 0. The van der Waals surface area contributed by atoms with E-state index in [2.05, 4.69) is 18.0 Å². The molecule has 0 saturated heterocycles. The van der Waals surface area contributed by atoms with Gasteiger partial charge in [-0.05, 0) is 32.6 Å². The lowest BCUT2D eigenvalue weighted by atomic mass is 10.1. The second-order valence-corrected chi connectivity index (χ2v) is 5.62. The maximum absolute atomic E-state index is 11.1. The van der Waals surface area contributed by atoms with Crippen LogP contribution in [0.2, 0.25) is 0 Å². The van der Waals surface area contributed by atoms with E-state index in [1.54, 1.807) is 0 Å². The van der Waals surface area contributed by atoms with E-state index in [9.17, 15) is 9.59 Å². The first-order valence-electron chi connectivity index (χ1n) is 8.17. The zero-order chi connectivity index (χ0) is 16.8. The van der Waals surface area contributed by atoms with Crippen LogP contribution in [0, 0.1) is 0 Å². The fourth-order valence-corrected chi connectivity index (χ4v) is 2.23. The lowest BCUT2D eigenvalue weighted by molar-refractivity contribution is -0.148. The molecule has 2 unspecified atom stereocenters. The summed E-state index contributed by atoms with van der Waals surface area (Å²) in [5, 5.41) is 2.77. The molecule has 22 heavy (non-hydrogen) atoms. The van der Waals surface area contributed by atoms with Crippen molar-refractivity contribution in [3.05, 3.63) is 24.8 Å². The maximum atomic E-state index is 11.1. The van der Waals surface area contributed by atoms with E-state index >= 15 is 0 Å². The predicted octanol–water partition coefficient (Wildman–Crippen LogP) is 3.92. The Labute approximate surface area is 135 Å². The Balaban J connectivity index is 4.00. The van der Waals surface area contributed by atoms with E-state index in [4.69, 9.17) is 4.74 Å². The Hall–Kier alpha value is -1.58. The molecule has 1 N–H and O–H groups in total. The summed E-state index contributed by atoms with van der Waals surface area (Å²) >= 11 is 0. The molecule has 0 aliphatic heterocycles. The Morgan fingerprint density at radius 2 is 1.73 bits per heavy atom. The van der Waals surface area contributed by atoms with Crippen LogP contribution < -0.4 is 5.32 Å². The van der Waals surface area contributed by atoms with Gasteiger partial charge >= 0.3 is 5.97 Å². The summed E-state index contributed by atoms with van der Waals surface area (Å²) in [6, 6.07) is -0.190. The minimum Gasteiger partial charge on any atom is -0.460 e. The summed E-state index contributed by atoms with van der Waals surface area (Å²) in [6.07, 6.45) is 13.4. The molecular weight excluding hydrogens is 278 g/mol. The molecule has 0 spiro atoms. The van der Waals surface area contributed by atoms with Gasteiger partial charge in [-0.25, -0.2) is 0 Å². The molecule has 0 fully saturated rings. The minimum absolute atomic E-state index is 0.117. The predicted molar refractivity (Wildman–Crippen MR) is 90.5 cm³/mol. The van der Waals surface area contributed by atoms with Crippen LogP contribution in [-0.2, 0) is 14.3 Å². The van der Waals surface area contributed by atoms with Crippen LogP contribution in [0.25, 0.3) is 0 Å². The van der Waals surface area contributed by atoms with Crippen LogP contribution in [0.1, 0.15) is 65.7 Å². The van der Waals surface area contributed by atoms with Gasteiger partial charge in [0.05, 0.1) is 6.04 Å². The molecule has 4 heteroatoms. The van der Waals surface area contributed by atoms with Gasteiger partial charge in [0.2, 0.25) is 5.91 Å². The lowest BCUT2D eigenvalue weighted by Gasteiger charge is -2.23. The van der Waals surface area contributed by atoms with Crippen LogP contribution in [0.4, 0.5) is 0 Å². The average molecular weight is 309 g/mol. The highest BCUT2D eigenvalue weighted by Crippen LogP contribution is 2.09. The first-order chi connectivity index (χ1) is 10.5. The van der Waals surface area contributed by atoms with Crippen LogP contribution in [0.15, 0.2) is 24.8 Å². The van der Waals surface area contributed by atoms with Gasteiger partial charge in [-0.2, -0.15) is 0 Å². The van der Waals surface area contributed by atoms with E-state index in [0.29, 0.717) is 6.42 Å². The monoisotopic (exact) mass is 309 g/mol. The van der Waals surface area contributed by atoms with E-state index in [1.807, 2.05) is 19.1 Å².